The van der Waals surface area contributed by atoms with Gasteiger partial charge >= 0.3 is 6.03 Å². The van der Waals surface area contributed by atoms with Crippen molar-refractivity contribution in [3.05, 3.63) is 59.7 Å². The van der Waals surface area contributed by atoms with Gasteiger partial charge in [0.15, 0.2) is 0 Å². The zero-order valence-corrected chi connectivity index (χ0v) is 18.6. The second-order valence-electron chi connectivity index (χ2n) is 7.72. The number of ether oxygens (including phenoxy) is 1. The number of hydrazone groups is 1. The minimum atomic E-state index is -1.18. The summed E-state index contributed by atoms with van der Waals surface area (Å²) in [5.41, 5.74) is 1.46. The van der Waals surface area contributed by atoms with E-state index in [1.807, 2.05) is 24.3 Å². The van der Waals surface area contributed by atoms with Crippen molar-refractivity contribution in [1.82, 2.24) is 10.3 Å². The quantitative estimate of drug-likeness (QED) is 0.487. The van der Waals surface area contributed by atoms with Crippen LogP contribution in [-0.4, -0.2) is 43.4 Å². The van der Waals surface area contributed by atoms with Gasteiger partial charge in [0, 0.05) is 18.8 Å². The maximum absolute atomic E-state index is 13.0. The smallest absolute Gasteiger partial charge is 0.346 e. The average Bonchev–Trinajstić information content (AvgIpc) is 3.01. The number of imide groups is 1. The molecule has 7 nitrogen and oxygen atoms in total. The third kappa shape index (κ3) is 4.71. The summed E-state index contributed by atoms with van der Waals surface area (Å²) in [4.78, 5) is 27.8. The van der Waals surface area contributed by atoms with Gasteiger partial charge in [0.25, 0.3) is 5.91 Å². The van der Waals surface area contributed by atoms with Gasteiger partial charge < -0.3 is 15.0 Å². The lowest BCUT2D eigenvalue weighted by Crippen LogP contribution is -2.40. The van der Waals surface area contributed by atoms with Crippen LogP contribution in [-0.2, 0) is 10.3 Å². The summed E-state index contributed by atoms with van der Waals surface area (Å²) in [6.07, 6.45) is 3.70. The summed E-state index contributed by atoms with van der Waals surface area (Å²) >= 11 is 0. The Kier molecular flexibility index (Phi) is 6.95. The maximum atomic E-state index is 13.0. The molecule has 31 heavy (non-hydrogen) atoms. The molecule has 0 bridgehead atoms. The molecule has 1 saturated heterocycles. The van der Waals surface area contributed by atoms with Crippen molar-refractivity contribution in [3.8, 4) is 5.75 Å². The van der Waals surface area contributed by atoms with E-state index in [9.17, 15) is 9.59 Å². The van der Waals surface area contributed by atoms with Crippen LogP contribution < -0.4 is 15.0 Å². The van der Waals surface area contributed by atoms with Gasteiger partial charge in [-0.15, -0.1) is 5.01 Å². The van der Waals surface area contributed by atoms with Gasteiger partial charge in [0.2, 0.25) is 0 Å². The highest BCUT2D eigenvalue weighted by atomic mass is 16.5. The van der Waals surface area contributed by atoms with E-state index >= 15 is 0 Å². The Bertz CT molecular complexity index is 934. The van der Waals surface area contributed by atoms with Crippen molar-refractivity contribution in [1.29, 1.82) is 0 Å². The van der Waals surface area contributed by atoms with Crippen molar-refractivity contribution in [2.75, 3.05) is 25.1 Å². The van der Waals surface area contributed by atoms with Gasteiger partial charge in [-0.1, -0.05) is 38.1 Å². The summed E-state index contributed by atoms with van der Waals surface area (Å²) < 4.78 is 5.16. The van der Waals surface area contributed by atoms with E-state index in [4.69, 9.17) is 4.74 Å². The molecule has 0 saturated carbocycles. The van der Waals surface area contributed by atoms with E-state index in [0.717, 1.165) is 42.2 Å². The predicted molar refractivity (Wildman–Crippen MR) is 123 cm³/mol. The van der Waals surface area contributed by atoms with E-state index in [0.29, 0.717) is 11.3 Å². The SMILES string of the molecule is CCCN(CCC)c1ccc(/C=N\N2C(=O)N[C@@](C)(c3ccc(OC)cc3)C2=O)cc1. The van der Waals surface area contributed by atoms with Gasteiger partial charge in [0.1, 0.15) is 11.3 Å². The number of anilines is 1. The lowest BCUT2D eigenvalue weighted by atomic mass is 9.92. The minimum absolute atomic E-state index is 0.424. The molecule has 1 aliphatic heterocycles. The zero-order valence-electron chi connectivity index (χ0n) is 18.6. The predicted octanol–water partition coefficient (Wildman–Crippen LogP) is 4.12. The fourth-order valence-corrected chi connectivity index (χ4v) is 3.65. The lowest BCUT2D eigenvalue weighted by molar-refractivity contribution is -0.131. The Morgan fingerprint density at radius 3 is 2.19 bits per heavy atom. The Morgan fingerprint density at radius 1 is 1.03 bits per heavy atom. The molecule has 0 aromatic heterocycles. The number of urea groups is 1. The normalized spacial score (nSPS) is 18.5. The summed E-state index contributed by atoms with van der Waals surface area (Å²) in [6.45, 7) is 8.03. The number of rotatable bonds is 9. The van der Waals surface area contributed by atoms with Crippen LogP contribution in [0.1, 0.15) is 44.7 Å². The van der Waals surface area contributed by atoms with Crippen LogP contribution in [0.15, 0.2) is 53.6 Å². The van der Waals surface area contributed by atoms with E-state index in [2.05, 4.69) is 29.2 Å². The van der Waals surface area contributed by atoms with Crippen LogP contribution in [0.2, 0.25) is 0 Å². The second kappa shape index (κ2) is 9.64. The molecule has 0 unspecified atom stereocenters. The Hall–Kier alpha value is -3.35. The van der Waals surface area contributed by atoms with Crippen molar-refractivity contribution >= 4 is 23.8 Å². The number of hydrogen-bond acceptors (Lipinski definition) is 5. The molecule has 1 atom stereocenters. The molecule has 2 aromatic carbocycles. The highest BCUT2D eigenvalue weighted by Crippen LogP contribution is 2.30. The van der Waals surface area contributed by atoms with Gasteiger partial charge in [-0.05, 0) is 55.2 Å². The second-order valence-corrected chi connectivity index (χ2v) is 7.72. The highest BCUT2D eigenvalue weighted by molar-refractivity contribution is 6.07. The summed E-state index contributed by atoms with van der Waals surface area (Å²) in [5, 5.41) is 7.80. The molecule has 0 spiro atoms. The third-order valence-electron chi connectivity index (χ3n) is 5.40. The van der Waals surface area contributed by atoms with E-state index in [1.165, 1.54) is 6.21 Å². The average molecular weight is 423 g/mol. The number of nitrogens with one attached hydrogen (secondary N) is 1. The van der Waals surface area contributed by atoms with Gasteiger partial charge in [0.05, 0.1) is 13.3 Å². The third-order valence-corrected chi connectivity index (χ3v) is 5.40. The molecule has 1 heterocycles. The zero-order chi connectivity index (χ0) is 22.4. The number of benzene rings is 2. The van der Waals surface area contributed by atoms with Gasteiger partial charge in [-0.25, -0.2) is 4.79 Å². The first kappa shape index (κ1) is 22.3. The van der Waals surface area contributed by atoms with Crippen molar-refractivity contribution in [2.24, 2.45) is 5.10 Å². The maximum Gasteiger partial charge on any atom is 0.346 e. The fourth-order valence-electron chi connectivity index (χ4n) is 3.65. The minimum Gasteiger partial charge on any atom is -0.497 e. The molecule has 1 N–H and O–H groups in total. The summed E-state index contributed by atoms with van der Waals surface area (Å²) in [5.74, 6) is 0.256. The van der Waals surface area contributed by atoms with Gasteiger partial charge in [-0.3, -0.25) is 4.79 Å². The van der Waals surface area contributed by atoms with E-state index in [1.54, 1.807) is 38.3 Å². The first-order valence-electron chi connectivity index (χ1n) is 10.6. The molecule has 3 amide bonds. The van der Waals surface area contributed by atoms with E-state index in [-0.39, 0.29) is 0 Å². The molecule has 3 rings (SSSR count). The highest BCUT2D eigenvalue weighted by Gasteiger charge is 2.49. The summed E-state index contributed by atoms with van der Waals surface area (Å²) in [6, 6.07) is 14.5. The van der Waals surface area contributed by atoms with Crippen molar-refractivity contribution < 1.29 is 14.3 Å². The number of nitrogens with zero attached hydrogens (tertiary/aromatic N) is 3. The molecule has 164 valence electrons. The number of carbonyl (C=O) groups excluding carboxylic acids is 2. The number of amides is 3. The van der Waals surface area contributed by atoms with Crippen LogP contribution in [0.5, 0.6) is 5.75 Å². The first-order valence-corrected chi connectivity index (χ1v) is 10.6. The standard InChI is InChI=1S/C24H30N4O3/c1-5-15-27(16-6-2)20-11-7-18(8-12-20)17-25-28-22(29)24(3,26-23(28)30)19-9-13-21(31-4)14-10-19/h7-14,17H,5-6,15-16H2,1-4H3,(H,26,30)/b25-17-/t24-/m0/s1. The number of hydrogen-bond donors (Lipinski definition) is 1. The molecule has 0 aliphatic carbocycles. The Balaban J connectivity index is 1.74. The Labute approximate surface area is 183 Å². The largest absolute Gasteiger partial charge is 0.497 e. The number of methoxy groups -OCH3 is 1. The molecule has 1 fully saturated rings. The van der Waals surface area contributed by atoms with Crippen molar-refractivity contribution in [2.45, 2.75) is 39.2 Å². The lowest BCUT2D eigenvalue weighted by Gasteiger charge is -2.23. The molecule has 1 aliphatic rings. The first-order chi connectivity index (χ1) is 14.9. The van der Waals surface area contributed by atoms with Crippen LogP contribution in [0.25, 0.3) is 0 Å². The van der Waals surface area contributed by atoms with Crippen LogP contribution in [0.3, 0.4) is 0 Å². The van der Waals surface area contributed by atoms with Gasteiger partial charge in [-0.2, -0.15) is 5.10 Å². The molecule has 0 radical (unpaired) electrons. The topological polar surface area (TPSA) is 74.2 Å². The Morgan fingerprint density at radius 2 is 1.65 bits per heavy atom. The summed E-state index contributed by atoms with van der Waals surface area (Å²) in [7, 11) is 1.58. The molecular formula is C24H30N4O3. The van der Waals surface area contributed by atoms with E-state index < -0.39 is 17.5 Å². The van der Waals surface area contributed by atoms with Crippen LogP contribution >= 0.6 is 0 Å². The van der Waals surface area contributed by atoms with Crippen LogP contribution in [0, 0.1) is 0 Å². The molecular weight excluding hydrogens is 392 g/mol. The number of carbonyl (C=O) groups is 2. The van der Waals surface area contributed by atoms with Crippen LogP contribution in [0.4, 0.5) is 10.5 Å². The monoisotopic (exact) mass is 422 g/mol. The van der Waals surface area contributed by atoms with Crippen molar-refractivity contribution in [3.63, 3.8) is 0 Å². The molecule has 2 aromatic rings. The molecule has 7 heteroatoms. The fraction of sp³-hybridized carbons (Fsp3) is 0.375.